The van der Waals surface area contributed by atoms with Gasteiger partial charge in [-0.3, -0.25) is 4.99 Å². The van der Waals surface area contributed by atoms with E-state index in [-0.39, 0.29) is 0 Å². The van der Waals surface area contributed by atoms with Crippen LogP contribution < -0.4 is 4.74 Å². The lowest BCUT2D eigenvalue weighted by Crippen LogP contribution is -2.39. The molecule has 0 aliphatic heterocycles. The van der Waals surface area contributed by atoms with Crippen LogP contribution in [-0.4, -0.2) is 19.4 Å². The number of aryl methyl sites for hydroxylation is 1. The Kier molecular flexibility index (Phi) is 4.26. The Hall–Kier alpha value is -1.83. The highest BCUT2D eigenvalue weighted by molar-refractivity contribution is 5.67. The smallest absolute Gasteiger partial charge is 0.119 e. The second kappa shape index (κ2) is 6.65. The van der Waals surface area contributed by atoms with Crippen LogP contribution in [0.5, 0.6) is 5.75 Å². The molecule has 0 bridgehead atoms. The van der Waals surface area contributed by atoms with Crippen LogP contribution in [0.2, 0.25) is 0 Å². The molecule has 4 aliphatic rings. The monoisotopic (exact) mass is 361 g/mol. The Morgan fingerprint density at radius 2 is 2.04 bits per heavy atom. The fourth-order valence-corrected chi connectivity index (χ4v) is 6.59. The Morgan fingerprint density at radius 3 is 2.85 bits per heavy atom. The van der Waals surface area contributed by atoms with Crippen LogP contribution >= 0.6 is 0 Å². The molecule has 0 radical (unpaired) electrons. The van der Waals surface area contributed by atoms with Crippen molar-refractivity contribution in [2.45, 2.75) is 57.4 Å². The van der Waals surface area contributed by atoms with Gasteiger partial charge < -0.3 is 4.74 Å². The molecule has 4 aliphatic carbocycles. The maximum atomic E-state index is 5.46. The summed E-state index contributed by atoms with van der Waals surface area (Å²) in [6.07, 6.45) is 18.8. The quantitative estimate of drug-likeness (QED) is 0.630. The van der Waals surface area contributed by atoms with Gasteiger partial charge in [0.05, 0.1) is 13.2 Å². The van der Waals surface area contributed by atoms with E-state index in [4.69, 9.17) is 9.73 Å². The van der Waals surface area contributed by atoms with Crippen molar-refractivity contribution in [2.24, 2.45) is 28.2 Å². The first-order valence-corrected chi connectivity index (χ1v) is 10.7. The second-order valence-electron chi connectivity index (χ2n) is 9.41. The molecule has 5 rings (SSSR count). The highest BCUT2D eigenvalue weighted by atomic mass is 16.5. The van der Waals surface area contributed by atoms with Crippen molar-refractivity contribution in [1.82, 2.24) is 0 Å². The molecule has 0 spiro atoms. The van der Waals surface area contributed by atoms with Crippen LogP contribution in [-0.2, 0) is 6.42 Å². The van der Waals surface area contributed by atoms with E-state index in [0.29, 0.717) is 17.4 Å². The number of fused-ring (bicyclic) bond motifs is 5. The lowest BCUT2D eigenvalue weighted by atomic mass is 9.56. The van der Waals surface area contributed by atoms with Gasteiger partial charge in [0.25, 0.3) is 0 Å². The zero-order chi connectivity index (χ0) is 18.4. The summed E-state index contributed by atoms with van der Waals surface area (Å²) in [5.41, 5.74) is 3.64. The summed E-state index contributed by atoms with van der Waals surface area (Å²) in [6, 6.07) is 7.33. The third-order valence-corrected chi connectivity index (χ3v) is 7.93. The van der Waals surface area contributed by atoms with E-state index in [0.717, 1.165) is 23.5 Å². The van der Waals surface area contributed by atoms with Crippen LogP contribution in [0.4, 0.5) is 0 Å². The number of allylic oxidation sites excluding steroid dienone is 4. The third kappa shape index (κ3) is 2.98. The number of hydrogen-bond acceptors (Lipinski definition) is 2. The number of nitrogens with zero attached hydrogens (tertiary/aromatic N) is 1. The molecule has 2 nitrogen and oxygen atoms in total. The summed E-state index contributed by atoms with van der Waals surface area (Å²) in [5.74, 6) is 3.86. The largest absolute Gasteiger partial charge is 0.497 e. The molecule has 0 unspecified atom stereocenters. The fraction of sp³-hybridized carbons (Fsp3) is 0.560. The molecule has 2 heteroatoms. The van der Waals surface area contributed by atoms with Gasteiger partial charge in [0.1, 0.15) is 5.75 Å². The van der Waals surface area contributed by atoms with Gasteiger partial charge in [-0.25, -0.2) is 0 Å². The number of hydrogen-bond donors (Lipinski definition) is 0. The summed E-state index contributed by atoms with van der Waals surface area (Å²) in [5, 5.41) is 0. The number of rotatable bonds is 3. The molecule has 0 heterocycles. The van der Waals surface area contributed by atoms with Crippen LogP contribution in [0.25, 0.3) is 0 Å². The maximum Gasteiger partial charge on any atom is 0.119 e. The normalized spacial score (nSPS) is 37.4. The summed E-state index contributed by atoms with van der Waals surface area (Å²) in [4.78, 5) is 5.04. The van der Waals surface area contributed by atoms with E-state index >= 15 is 0 Å². The van der Waals surface area contributed by atoms with Crippen molar-refractivity contribution < 1.29 is 4.74 Å². The molecule has 0 saturated heterocycles. The number of ether oxygens (including phenoxy) is 1. The van der Waals surface area contributed by atoms with Gasteiger partial charge in [-0.1, -0.05) is 37.3 Å². The first kappa shape index (κ1) is 17.3. The van der Waals surface area contributed by atoms with Crippen LogP contribution in [0.15, 0.2) is 47.5 Å². The number of methoxy groups -OCH3 is 1. The van der Waals surface area contributed by atoms with Gasteiger partial charge in [-0.15, -0.1) is 0 Å². The Bertz CT molecular complexity index is 795. The van der Waals surface area contributed by atoms with Crippen molar-refractivity contribution in [3.05, 3.63) is 53.6 Å². The summed E-state index contributed by atoms with van der Waals surface area (Å²) in [6.45, 7) is 2.56. The zero-order valence-corrected chi connectivity index (χ0v) is 16.6. The molecule has 2 saturated carbocycles. The summed E-state index contributed by atoms with van der Waals surface area (Å²) < 4.78 is 5.46. The average Bonchev–Trinajstić information content (AvgIpc) is 3.32. The average molecular weight is 362 g/mol. The lowest BCUT2D eigenvalue weighted by molar-refractivity contribution is 0.0598. The molecule has 0 amide bonds. The molecule has 5 atom stereocenters. The maximum absolute atomic E-state index is 5.46. The SMILES string of the molecule is COc1ccc2c(c1)CC[C@@H]1[C@@H]2CC[C@]2(C)C[C@H](N=CC3C=CC=C3)C[C@@H]12. The van der Waals surface area contributed by atoms with Gasteiger partial charge in [-0.2, -0.15) is 0 Å². The predicted octanol–water partition coefficient (Wildman–Crippen LogP) is 5.73. The molecule has 0 N–H and O–H groups in total. The number of aliphatic imine (C=N–C) groups is 1. The van der Waals surface area contributed by atoms with Gasteiger partial charge in [0.2, 0.25) is 0 Å². The summed E-state index contributed by atoms with van der Waals surface area (Å²) in [7, 11) is 1.77. The Labute approximate surface area is 163 Å². The van der Waals surface area contributed by atoms with E-state index in [2.05, 4.69) is 55.6 Å². The van der Waals surface area contributed by atoms with Crippen molar-refractivity contribution in [3.63, 3.8) is 0 Å². The standard InChI is InChI=1S/C25H31NO/c1-25-12-11-22-21-10-8-20(27-2)13-18(21)7-9-23(22)24(25)14-19(15-25)26-16-17-5-3-4-6-17/h3-6,8,10,13,16-17,19,22-24H,7,9,11-12,14-15H2,1-2H3/t19-,22-,23-,24+,25-/m1/s1. The van der Waals surface area contributed by atoms with Crippen LogP contribution in [0.3, 0.4) is 0 Å². The van der Waals surface area contributed by atoms with E-state index in [9.17, 15) is 0 Å². The Balaban J connectivity index is 1.36. The van der Waals surface area contributed by atoms with Gasteiger partial charge in [-0.05, 0) is 85.0 Å². The molecule has 1 aromatic carbocycles. The first-order chi connectivity index (χ1) is 13.2. The molecular weight excluding hydrogens is 330 g/mol. The van der Waals surface area contributed by atoms with Crippen molar-refractivity contribution in [2.75, 3.05) is 7.11 Å². The minimum Gasteiger partial charge on any atom is -0.497 e. The lowest BCUT2D eigenvalue weighted by Gasteiger charge is -2.49. The van der Waals surface area contributed by atoms with E-state index < -0.39 is 0 Å². The highest BCUT2D eigenvalue weighted by Crippen LogP contribution is 2.61. The molecule has 27 heavy (non-hydrogen) atoms. The van der Waals surface area contributed by atoms with Crippen LogP contribution in [0.1, 0.15) is 56.1 Å². The van der Waals surface area contributed by atoms with Crippen molar-refractivity contribution in [3.8, 4) is 5.75 Å². The zero-order valence-electron chi connectivity index (χ0n) is 16.6. The fourth-order valence-electron chi connectivity index (χ4n) is 6.59. The van der Waals surface area contributed by atoms with Gasteiger partial charge >= 0.3 is 0 Å². The molecule has 0 aromatic heterocycles. The third-order valence-electron chi connectivity index (χ3n) is 7.93. The molecule has 142 valence electrons. The van der Waals surface area contributed by atoms with E-state index in [1.807, 2.05) is 0 Å². The number of benzene rings is 1. The summed E-state index contributed by atoms with van der Waals surface area (Å²) >= 11 is 0. The minimum absolute atomic E-state index is 0.421. The second-order valence-corrected chi connectivity index (χ2v) is 9.41. The minimum atomic E-state index is 0.421. The van der Waals surface area contributed by atoms with Crippen molar-refractivity contribution in [1.29, 1.82) is 0 Å². The Morgan fingerprint density at radius 1 is 1.19 bits per heavy atom. The first-order valence-electron chi connectivity index (χ1n) is 10.7. The van der Waals surface area contributed by atoms with E-state index in [1.165, 1.54) is 44.1 Å². The predicted molar refractivity (Wildman–Crippen MR) is 112 cm³/mol. The molecule has 1 aromatic rings. The van der Waals surface area contributed by atoms with Crippen LogP contribution in [0, 0.1) is 23.2 Å². The van der Waals surface area contributed by atoms with E-state index in [1.54, 1.807) is 12.7 Å². The molecular formula is C25H31NO. The topological polar surface area (TPSA) is 21.6 Å². The van der Waals surface area contributed by atoms with Gasteiger partial charge in [0.15, 0.2) is 0 Å². The molecule has 2 fully saturated rings. The highest BCUT2D eigenvalue weighted by Gasteiger charge is 2.52. The van der Waals surface area contributed by atoms with Gasteiger partial charge in [0, 0.05) is 12.1 Å². The van der Waals surface area contributed by atoms with Crippen molar-refractivity contribution >= 4 is 6.21 Å².